The molecule has 1 nitrogen and oxygen atoms in total. The average molecular weight is 251 g/mol. The van der Waals surface area contributed by atoms with Gasteiger partial charge in [0.2, 0.25) is 0 Å². The third-order valence-electron chi connectivity index (χ3n) is 3.23. The largest absolute Gasteiger partial charge is 0.399 e. The van der Waals surface area contributed by atoms with Gasteiger partial charge in [0.1, 0.15) is 0 Å². The summed E-state index contributed by atoms with van der Waals surface area (Å²) in [6.07, 6.45) is 5.31. The van der Waals surface area contributed by atoms with Gasteiger partial charge in [-0.15, -0.1) is 11.8 Å². The second kappa shape index (κ2) is 7.65. The molecule has 0 aliphatic carbocycles. The van der Waals surface area contributed by atoms with E-state index in [1.807, 2.05) is 17.8 Å². The van der Waals surface area contributed by atoms with Crippen molar-refractivity contribution in [3.8, 4) is 0 Å². The van der Waals surface area contributed by atoms with Crippen molar-refractivity contribution in [1.29, 1.82) is 0 Å². The lowest BCUT2D eigenvalue weighted by Gasteiger charge is -2.15. The van der Waals surface area contributed by atoms with E-state index in [9.17, 15) is 0 Å². The lowest BCUT2D eigenvalue weighted by Crippen LogP contribution is -2.02. The maximum absolute atomic E-state index is 5.83. The molecule has 2 heteroatoms. The third kappa shape index (κ3) is 5.03. The second-order valence-corrected chi connectivity index (χ2v) is 5.81. The highest BCUT2D eigenvalue weighted by atomic mass is 32.2. The first-order chi connectivity index (χ1) is 8.17. The first kappa shape index (κ1) is 14.4. The molecule has 2 N–H and O–H groups in total. The van der Waals surface area contributed by atoms with Gasteiger partial charge < -0.3 is 5.73 Å². The molecule has 1 aromatic rings. The molecule has 0 saturated carbocycles. The summed E-state index contributed by atoms with van der Waals surface area (Å²) in [5.41, 5.74) is 8.05. The van der Waals surface area contributed by atoms with E-state index in [1.54, 1.807) is 0 Å². The zero-order valence-corrected chi connectivity index (χ0v) is 12.1. The van der Waals surface area contributed by atoms with E-state index >= 15 is 0 Å². The van der Waals surface area contributed by atoms with Gasteiger partial charge in [0.25, 0.3) is 0 Å². The minimum absolute atomic E-state index is 0.848. The highest BCUT2D eigenvalue weighted by molar-refractivity contribution is 7.99. The summed E-state index contributed by atoms with van der Waals surface area (Å²) >= 11 is 1.96. The van der Waals surface area contributed by atoms with Crippen molar-refractivity contribution in [1.82, 2.24) is 0 Å². The predicted molar refractivity (Wildman–Crippen MR) is 79.6 cm³/mol. The first-order valence-corrected chi connectivity index (χ1v) is 7.64. The van der Waals surface area contributed by atoms with Crippen LogP contribution in [0.25, 0.3) is 0 Å². The number of aryl methyl sites for hydroxylation is 1. The molecule has 0 aromatic heterocycles. The monoisotopic (exact) mass is 251 g/mol. The van der Waals surface area contributed by atoms with E-state index in [0.29, 0.717) is 0 Å². The van der Waals surface area contributed by atoms with E-state index < -0.39 is 0 Å². The van der Waals surface area contributed by atoms with Crippen LogP contribution >= 0.6 is 11.8 Å². The first-order valence-electron chi connectivity index (χ1n) is 6.66. The minimum Gasteiger partial charge on any atom is -0.399 e. The molecular formula is C15H25NS. The van der Waals surface area contributed by atoms with Gasteiger partial charge in [0.05, 0.1) is 0 Å². The number of unbranched alkanes of at least 4 members (excludes halogenated alkanes) is 1. The van der Waals surface area contributed by atoms with Gasteiger partial charge in [0, 0.05) is 16.3 Å². The number of nitrogen functional groups attached to an aromatic ring is 1. The summed E-state index contributed by atoms with van der Waals surface area (Å²) in [7, 11) is 0. The summed E-state index contributed by atoms with van der Waals surface area (Å²) in [6, 6.07) is 6.20. The summed E-state index contributed by atoms with van der Waals surface area (Å²) < 4.78 is 0. The standard InChI is InChI=1S/C15H25NS/c1-4-6-7-13(5-2)11-17-15-10-14(16)9-8-12(15)3/h8-10,13H,4-7,11,16H2,1-3H3. The Hall–Kier alpha value is -0.630. The van der Waals surface area contributed by atoms with Crippen molar-refractivity contribution in [3.05, 3.63) is 23.8 Å². The molecule has 0 spiro atoms. The molecule has 0 radical (unpaired) electrons. The van der Waals surface area contributed by atoms with Crippen LogP contribution in [-0.4, -0.2) is 5.75 Å². The maximum Gasteiger partial charge on any atom is 0.0325 e. The van der Waals surface area contributed by atoms with Crippen molar-refractivity contribution in [3.63, 3.8) is 0 Å². The lowest BCUT2D eigenvalue weighted by molar-refractivity contribution is 0.499. The average Bonchev–Trinajstić information content (AvgIpc) is 2.33. The Kier molecular flexibility index (Phi) is 6.49. The molecule has 1 aromatic carbocycles. The number of hydrogen-bond donors (Lipinski definition) is 1. The van der Waals surface area contributed by atoms with Crippen molar-refractivity contribution in [2.75, 3.05) is 11.5 Å². The molecule has 1 rings (SSSR count). The Balaban J connectivity index is 2.50. The Morgan fingerprint density at radius 2 is 2.06 bits per heavy atom. The minimum atomic E-state index is 0.848. The fraction of sp³-hybridized carbons (Fsp3) is 0.600. The van der Waals surface area contributed by atoms with Gasteiger partial charge >= 0.3 is 0 Å². The number of hydrogen-bond acceptors (Lipinski definition) is 2. The van der Waals surface area contributed by atoms with Gasteiger partial charge in [-0.3, -0.25) is 0 Å². The molecule has 0 bridgehead atoms. The van der Waals surface area contributed by atoms with Gasteiger partial charge in [-0.1, -0.05) is 39.2 Å². The van der Waals surface area contributed by atoms with Crippen LogP contribution in [0, 0.1) is 12.8 Å². The van der Waals surface area contributed by atoms with Crippen LogP contribution in [-0.2, 0) is 0 Å². The van der Waals surface area contributed by atoms with E-state index in [2.05, 4.69) is 32.9 Å². The van der Waals surface area contributed by atoms with Crippen LogP contribution in [0.4, 0.5) is 5.69 Å². The topological polar surface area (TPSA) is 26.0 Å². The Bertz CT molecular complexity index is 336. The molecule has 96 valence electrons. The highest BCUT2D eigenvalue weighted by Gasteiger charge is 2.08. The maximum atomic E-state index is 5.83. The van der Waals surface area contributed by atoms with Gasteiger partial charge in [0.15, 0.2) is 0 Å². The number of anilines is 1. The molecule has 0 aliphatic heterocycles. The van der Waals surface area contributed by atoms with Crippen molar-refractivity contribution >= 4 is 17.4 Å². The van der Waals surface area contributed by atoms with Crippen molar-refractivity contribution < 1.29 is 0 Å². The molecule has 0 amide bonds. The SMILES string of the molecule is CCCCC(CC)CSc1cc(N)ccc1C. The quantitative estimate of drug-likeness (QED) is 0.552. The smallest absolute Gasteiger partial charge is 0.0325 e. The van der Waals surface area contributed by atoms with Crippen LogP contribution in [0.2, 0.25) is 0 Å². The normalized spacial score (nSPS) is 12.6. The van der Waals surface area contributed by atoms with E-state index in [0.717, 1.165) is 11.6 Å². The summed E-state index contributed by atoms with van der Waals surface area (Å²) in [4.78, 5) is 1.35. The number of benzene rings is 1. The van der Waals surface area contributed by atoms with Crippen molar-refractivity contribution in [2.45, 2.75) is 51.3 Å². The lowest BCUT2D eigenvalue weighted by atomic mass is 10.0. The van der Waals surface area contributed by atoms with Crippen LogP contribution in [0.1, 0.15) is 45.1 Å². The number of nitrogens with two attached hydrogens (primary N) is 1. The van der Waals surface area contributed by atoms with Crippen LogP contribution in [0.15, 0.2) is 23.1 Å². The summed E-state index contributed by atoms with van der Waals surface area (Å²) in [5, 5.41) is 0. The zero-order chi connectivity index (χ0) is 12.7. The van der Waals surface area contributed by atoms with Gasteiger partial charge in [-0.2, -0.15) is 0 Å². The molecule has 0 saturated heterocycles. The summed E-state index contributed by atoms with van der Waals surface area (Å²) in [6.45, 7) is 6.73. The fourth-order valence-electron chi connectivity index (χ4n) is 1.88. The third-order valence-corrected chi connectivity index (χ3v) is 4.62. The number of thioether (sulfide) groups is 1. The second-order valence-electron chi connectivity index (χ2n) is 4.75. The van der Waals surface area contributed by atoms with Crippen LogP contribution < -0.4 is 5.73 Å². The molecule has 0 aliphatic rings. The highest BCUT2D eigenvalue weighted by Crippen LogP contribution is 2.28. The fourth-order valence-corrected chi connectivity index (χ4v) is 3.21. The van der Waals surface area contributed by atoms with Crippen LogP contribution in [0.3, 0.4) is 0 Å². The van der Waals surface area contributed by atoms with Gasteiger partial charge in [-0.25, -0.2) is 0 Å². The zero-order valence-electron chi connectivity index (χ0n) is 11.3. The van der Waals surface area contributed by atoms with E-state index in [4.69, 9.17) is 5.73 Å². The Labute approximate surface area is 110 Å². The van der Waals surface area contributed by atoms with E-state index in [1.165, 1.54) is 41.9 Å². The van der Waals surface area contributed by atoms with Crippen LogP contribution in [0.5, 0.6) is 0 Å². The Morgan fingerprint density at radius 3 is 2.71 bits per heavy atom. The molecule has 1 atom stereocenters. The molecular weight excluding hydrogens is 226 g/mol. The molecule has 17 heavy (non-hydrogen) atoms. The van der Waals surface area contributed by atoms with Crippen molar-refractivity contribution in [2.24, 2.45) is 5.92 Å². The predicted octanol–water partition coefficient (Wildman–Crippen LogP) is 4.89. The molecule has 0 fully saturated rings. The Morgan fingerprint density at radius 1 is 1.29 bits per heavy atom. The number of rotatable bonds is 7. The van der Waals surface area contributed by atoms with E-state index in [-0.39, 0.29) is 0 Å². The molecule has 1 unspecified atom stereocenters. The van der Waals surface area contributed by atoms with Gasteiger partial charge in [-0.05, 0) is 37.0 Å². The molecule has 0 heterocycles. The summed E-state index contributed by atoms with van der Waals surface area (Å²) in [5.74, 6) is 2.07.